The summed E-state index contributed by atoms with van der Waals surface area (Å²) in [5.74, 6) is 0.585. The number of rotatable bonds is 6. The maximum Gasteiger partial charge on any atom is 0.190 e. The van der Waals surface area contributed by atoms with E-state index >= 15 is 0 Å². The molecule has 0 saturated carbocycles. The molecule has 0 saturated heterocycles. The zero-order valence-corrected chi connectivity index (χ0v) is 9.66. The Labute approximate surface area is 95.7 Å². The number of benzene rings is 1. The van der Waals surface area contributed by atoms with Crippen molar-refractivity contribution in [3.05, 3.63) is 42.0 Å². The minimum atomic E-state index is -0.108. The van der Waals surface area contributed by atoms with E-state index in [1.807, 2.05) is 13.0 Å². The van der Waals surface area contributed by atoms with Crippen molar-refractivity contribution in [2.45, 2.75) is 6.92 Å². The molecule has 0 heterocycles. The predicted molar refractivity (Wildman–Crippen MR) is 63.0 cm³/mol. The second-order valence-corrected chi connectivity index (χ2v) is 3.33. The highest BCUT2D eigenvalue weighted by molar-refractivity contribution is 6.08. The molecular formula is C13H16O3. The highest BCUT2D eigenvalue weighted by atomic mass is 16.5. The highest BCUT2D eigenvalue weighted by Crippen LogP contribution is 2.15. The van der Waals surface area contributed by atoms with Crippen molar-refractivity contribution in [1.29, 1.82) is 0 Å². The van der Waals surface area contributed by atoms with Gasteiger partial charge in [0.15, 0.2) is 5.78 Å². The first-order valence-electron chi connectivity index (χ1n) is 5.13. The number of methoxy groups -OCH3 is 1. The highest BCUT2D eigenvalue weighted by Gasteiger charge is 2.10. The molecule has 0 aliphatic carbocycles. The fourth-order valence-electron chi connectivity index (χ4n) is 1.34. The average Bonchev–Trinajstić information content (AvgIpc) is 2.29. The second-order valence-electron chi connectivity index (χ2n) is 3.33. The van der Waals surface area contributed by atoms with Crippen molar-refractivity contribution in [1.82, 2.24) is 0 Å². The standard InChI is InChI=1S/C13H16O3/c1-4-16-12-7-5-6-11(8-12)13(14)10(2)9-15-3/h5-8H,2,4,9H2,1,3H3. The Balaban J connectivity index is 2.83. The van der Waals surface area contributed by atoms with Gasteiger partial charge in [-0.05, 0) is 19.1 Å². The van der Waals surface area contributed by atoms with Crippen LogP contribution in [-0.4, -0.2) is 26.1 Å². The van der Waals surface area contributed by atoms with Gasteiger partial charge in [-0.2, -0.15) is 0 Å². The van der Waals surface area contributed by atoms with Crippen LogP contribution < -0.4 is 4.74 Å². The lowest BCUT2D eigenvalue weighted by Crippen LogP contribution is -2.07. The SMILES string of the molecule is C=C(COC)C(=O)c1cccc(OCC)c1. The van der Waals surface area contributed by atoms with Gasteiger partial charge in [0.25, 0.3) is 0 Å². The molecule has 0 aliphatic rings. The molecule has 0 unspecified atom stereocenters. The Hall–Kier alpha value is -1.61. The lowest BCUT2D eigenvalue weighted by atomic mass is 10.1. The monoisotopic (exact) mass is 220 g/mol. The molecule has 86 valence electrons. The molecule has 0 amide bonds. The minimum Gasteiger partial charge on any atom is -0.494 e. The normalized spacial score (nSPS) is 9.88. The number of carbonyl (C=O) groups is 1. The Kier molecular flexibility index (Phi) is 4.73. The molecule has 1 rings (SSSR count). The first-order valence-corrected chi connectivity index (χ1v) is 5.13. The van der Waals surface area contributed by atoms with Gasteiger partial charge >= 0.3 is 0 Å². The van der Waals surface area contributed by atoms with Crippen molar-refractivity contribution in [2.24, 2.45) is 0 Å². The van der Waals surface area contributed by atoms with Crippen LogP contribution in [-0.2, 0) is 4.74 Å². The Morgan fingerprint density at radius 3 is 2.81 bits per heavy atom. The third-order valence-electron chi connectivity index (χ3n) is 2.05. The number of hydrogen-bond acceptors (Lipinski definition) is 3. The van der Waals surface area contributed by atoms with Gasteiger partial charge in [-0.3, -0.25) is 4.79 Å². The van der Waals surface area contributed by atoms with E-state index in [9.17, 15) is 4.79 Å². The van der Waals surface area contributed by atoms with E-state index in [0.717, 1.165) is 0 Å². The van der Waals surface area contributed by atoms with Crippen LogP contribution in [0, 0.1) is 0 Å². The molecule has 0 spiro atoms. The van der Waals surface area contributed by atoms with Gasteiger partial charge in [-0.1, -0.05) is 18.7 Å². The molecule has 1 aromatic rings. The van der Waals surface area contributed by atoms with Crippen LogP contribution >= 0.6 is 0 Å². The zero-order chi connectivity index (χ0) is 12.0. The molecule has 0 bridgehead atoms. The summed E-state index contributed by atoms with van der Waals surface area (Å²) in [7, 11) is 1.54. The van der Waals surface area contributed by atoms with E-state index in [0.29, 0.717) is 23.5 Å². The third kappa shape index (κ3) is 3.21. The van der Waals surface area contributed by atoms with Gasteiger partial charge in [-0.25, -0.2) is 0 Å². The van der Waals surface area contributed by atoms with Gasteiger partial charge < -0.3 is 9.47 Å². The first-order chi connectivity index (χ1) is 7.69. The molecule has 0 fully saturated rings. The number of ether oxygens (including phenoxy) is 2. The topological polar surface area (TPSA) is 35.5 Å². The summed E-state index contributed by atoms with van der Waals surface area (Å²) < 4.78 is 10.2. The Morgan fingerprint density at radius 1 is 1.44 bits per heavy atom. The van der Waals surface area contributed by atoms with Gasteiger partial charge in [0.1, 0.15) is 5.75 Å². The summed E-state index contributed by atoms with van der Waals surface area (Å²) in [6.07, 6.45) is 0. The number of carbonyl (C=O) groups excluding carboxylic acids is 1. The molecule has 0 aliphatic heterocycles. The molecule has 3 heteroatoms. The molecule has 0 aromatic heterocycles. The van der Waals surface area contributed by atoms with Crippen LogP contribution in [0.2, 0.25) is 0 Å². The molecule has 16 heavy (non-hydrogen) atoms. The van der Waals surface area contributed by atoms with Crippen molar-refractivity contribution in [3.63, 3.8) is 0 Å². The van der Waals surface area contributed by atoms with Crippen molar-refractivity contribution in [3.8, 4) is 5.75 Å². The molecule has 1 aromatic carbocycles. The van der Waals surface area contributed by atoms with E-state index in [2.05, 4.69) is 6.58 Å². The van der Waals surface area contributed by atoms with E-state index < -0.39 is 0 Å². The lowest BCUT2D eigenvalue weighted by Gasteiger charge is -2.06. The fourth-order valence-corrected chi connectivity index (χ4v) is 1.34. The van der Waals surface area contributed by atoms with Crippen molar-refractivity contribution >= 4 is 5.78 Å². The smallest absolute Gasteiger partial charge is 0.190 e. The second kappa shape index (κ2) is 6.08. The summed E-state index contributed by atoms with van der Waals surface area (Å²) in [6, 6.07) is 7.07. The van der Waals surface area contributed by atoms with E-state index in [4.69, 9.17) is 9.47 Å². The van der Waals surface area contributed by atoms with Gasteiger partial charge in [-0.15, -0.1) is 0 Å². The first kappa shape index (κ1) is 12.5. The fraction of sp³-hybridized carbons (Fsp3) is 0.308. The summed E-state index contributed by atoms with van der Waals surface area (Å²) in [4.78, 5) is 11.9. The summed E-state index contributed by atoms with van der Waals surface area (Å²) in [5.41, 5.74) is 1.02. The maximum atomic E-state index is 11.9. The van der Waals surface area contributed by atoms with E-state index in [1.54, 1.807) is 18.2 Å². The summed E-state index contributed by atoms with van der Waals surface area (Å²) >= 11 is 0. The summed E-state index contributed by atoms with van der Waals surface area (Å²) in [6.45, 7) is 6.41. The lowest BCUT2D eigenvalue weighted by molar-refractivity contribution is 0.101. The molecule has 0 atom stereocenters. The minimum absolute atomic E-state index is 0.108. The Bertz CT molecular complexity index is 383. The van der Waals surface area contributed by atoms with Crippen LogP contribution in [0.1, 0.15) is 17.3 Å². The van der Waals surface area contributed by atoms with Crippen molar-refractivity contribution in [2.75, 3.05) is 20.3 Å². The zero-order valence-electron chi connectivity index (χ0n) is 9.66. The van der Waals surface area contributed by atoms with Crippen LogP contribution in [0.5, 0.6) is 5.75 Å². The van der Waals surface area contributed by atoms with Gasteiger partial charge in [0.2, 0.25) is 0 Å². The van der Waals surface area contributed by atoms with Crippen LogP contribution in [0.4, 0.5) is 0 Å². The van der Waals surface area contributed by atoms with Crippen molar-refractivity contribution < 1.29 is 14.3 Å². The maximum absolute atomic E-state index is 11.9. The van der Waals surface area contributed by atoms with Crippen LogP contribution in [0.25, 0.3) is 0 Å². The third-order valence-corrected chi connectivity index (χ3v) is 2.05. The quantitative estimate of drug-likeness (QED) is 0.545. The van der Waals surface area contributed by atoms with Crippen LogP contribution in [0.3, 0.4) is 0 Å². The molecular weight excluding hydrogens is 204 g/mol. The van der Waals surface area contributed by atoms with E-state index in [-0.39, 0.29) is 12.4 Å². The molecule has 3 nitrogen and oxygen atoms in total. The van der Waals surface area contributed by atoms with Gasteiger partial charge in [0, 0.05) is 18.2 Å². The van der Waals surface area contributed by atoms with Crippen LogP contribution in [0.15, 0.2) is 36.4 Å². The number of Topliss-reactive ketones (excluding diaryl/α,β-unsaturated/α-hetero) is 1. The molecule has 0 radical (unpaired) electrons. The number of hydrogen-bond donors (Lipinski definition) is 0. The summed E-state index contributed by atoms with van der Waals surface area (Å²) in [5, 5.41) is 0. The predicted octanol–water partition coefficient (Wildman–Crippen LogP) is 2.47. The number of ketones is 1. The Morgan fingerprint density at radius 2 is 2.19 bits per heavy atom. The van der Waals surface area contributed by atoms with Gasteiger partial charge in [0.05, 0.1) is 13.2 Å². The largest absolute Gasteiger partial charge is 0.494 e. The average molecular weight is 220 g/mol. The van der Waals surface area contributed by atoms with E-state index in [1.165, 1.54) is 7.11 Å². The molecule has 0 N–H and O–H groups in total.